The van der Waals surface area contributed by atoms with E-state index in [1.54, 1.807) is 23.7 Å². The molecule has 0 aliphatic carbocycles. The second-order valence-corrected chi connectivity index (χ2v) is 6.58. The monoisotopic (exact) mass is 334 g/mol. The summed E-state index contributed by atoms with van der Waals surface area (Å²) in [6.45, 7) is 5.78. The van der Waals surface area contributed by atoms with Crippen LogP contribution in [0.5, 0.6) is 5.75 Å². The Morgan fingerprint density at radius 2 is 2.17 bits per heavy atom. The van der Waals surface area contributed by atoms with Crippen molar-refractivity contribution in [3.05, 3.63) is 29.3 Å². The van der Waals surface area contributed by atoms with Crippen LogP contribution in [0.2, 0.25) is 0 Å². The summed E-state index contributed by atoms with van der Waals surface area (Å²) in [6, 6.07) is 4.80. The van der Waals surface area contributed by atoms with Crippen molar-refractivity contribution in [3.8, 4) is 5.75 Å². The lowest BCUT2D eigenvalue weighted by Gasteiger charge is -2.33. The van der Waals surface area contributed by atoms with Crippen LogP contribution in [0.25, 0.3) is 0 Å². The zero-order valence-electron chi connectivity index (χ0n) is 13.9. The van der Waals surface area contributed by atoms with Crippen LogP contribution in [0, 0.1) is 5.41 Å². The molecular formula is C17H22N2O5. The quantitative estimate of drug-likeness (QED) is 0.632. The maximum absolute atomic E-state index is 13.0. The lowest BCUT2D eigenvalue weighted by atomic mass is 9.87. The molecule has 2 N–H and O–H groups in total. The van der Waals surface area contributed by atoms with Gasteiger partial charge in [-0.25, -0.2) is 5.48 Å². The summed E-state index contributed by atoms with van der Waals surface area (Å²) < 4.78 is 11.2. The van der Waals surface area contributed by atoms with Gasteiger partial charge in [-0.05, 0) is 32.4 Å². The molecule has 0 radical (unpaired) electrons. The van der Waals surface area contributed by atoms with Gasteiger partial charge in [0, 0.05) is 17.7 Å². The molecule has 24 heavy (non-hydrogen) atoms. The van der Waals surface area contributed by atoms with Gasteiger partial charge in [-0.3, -0.25) is 14.8 Å². The Kier molecular flexibility index (Phi) is 4.47. The molecule has 0 spiro atoms. The highest BCUT2D eigenvalue weighted by atomic mass is 16.5. The minimum absolute atomic E-state index is 0.0705. The van der Waals surface area contributed by atoms with E-state index in [4.69, 9.17) is 14.7 Å². The van der Waals surface area contributed by atoms with Crippen LogP contribution >= 0.6 is 0 Å². The highest BCUT2D eigenvalue weighted by Gasteiger charge is 2.42. The number of hydroxylamine groups is 1. The summed E-state index contributed by atoms with van der Waals surface area (Å²) in [5.41, 5.74) is 2.27. The summed E-state index contributed by atoms with van der Waals surface area (Å²) in [5, 5.41) is 8.76. The minimum Gasteiger partial charge on any atom is -0.491 e. The van der Waals surface area contributed by atoms with E-state index in [2.05, 4.69) is 0 Å². The fourth-order valence-electron chi connectivity index (χ4n) is 3.29. The van der Waals surface area contributed by atoms with Crippen LogP contribution in [0.3, 0.4) is 0 Å². The molecule has 3 rings (SSSR count). The number of rotatable bonds is 2. The molecule has 2 amide bonds. The molecular weight excluding hydrogens is 312 g/mol. The molecule has 2 heterocycles. The molecule has 2 atom stereocenters. The van der Waals surface area contributed by atoms with Crippen LogP contribution < -0.4 is 10.2 Å². The van der Waals surface area contributed by atoms with E-state index in [0.717, 1.165) is 12.0 Å². The summed E-state index contributed by atoms with van der Waals surface area (Å²) in [7, 11) is 0. The third kappa shape index (κ3) is 2.85. The summed E-state index contributed by atoms with van der Waals surface area (Å²) >= 11 is 0. The molecule has 0 aromatic heterocycles. The molecule has 2 unspecified atom stereocenters. The standard InChI is InChI=1S/C17H22N2O5/c1-11-13-4-3-12(15(20)18-22)9-14(13)24-8-6-19(11)16(21)17(2)5-7-23-10-17/h3-4,9,11,22H,5-8,10H2,1-2H3,(H,18,20). The smallest absolute Gasteiger partial charge is 0.274 e. The van der Waals surface area contributed by atoms with Crippen molar-refractivity contribution in [2.45, 2.75) is 26.3 Å². The van der Waals surface area contributed by atoms with Crippen molar-refractivity contribution < 1.29 is 24.3 Å². The molecule has 1 aromatic carbocycles. The molecule has 2 aliphatic rings. The summed E-state index contributed by atoms with van der Waals surface area (Å²) in [6.07, 6.45) is 0.721. The topological polar surface area (TPSA) is 88.1 Å². The number of carbonyl (C=O) groups is 2. The number of hydrogen-bond donors (Lipinski definition) is 2. The van der Waals surface area contributed by atoms with E-state index in [1.807, 2.05) is 18.7 Å². The van der Waals surface area contributed by atoms with Gasteiger partial charge < -0.3 is 14.4 Å². The maximum atomic E-state index is 13.0. The van der Waals surface area contributed by atoms with Crippen molar-refractivity contribution in [2.24, 2.45) is 5.41 Å². The van der Waals surface area contributed by atoms with Crippen molar-refractivity contribution in [3.63, 3.8) is 0 Å². The van der Waals surface area contributed by atoms with Crippen molar-refractivity contribution in [1.29, 1.82) is 0 Å². The van der Waals surface area contributed by atoms with E-state index < -0.39 is 11.3 Å². The highest BCUT2D eigenvalue weighted by molar-refractivity contribution is 5.94. The second kappa shape index (κ2) is 6.41. The molecule has 130 valence electrons. The van der Waals surface area contributed by atoms with Gasteiger partial charge in [-0.1, -0.05) is 6.07 Å². The predicted molar refractivity (Wildman–Crippen MR) is 84.9 cm³/mol. The fourth-order valence-corrected chi connectivity index (χ4v) is 3.29. The van der Waals surface area contributed by atoms with Gasteiger partial charge >= 0.3 is 0 Å². The first-order chi connectivity index (χ1) is 11.5. The number of hydrogen-bond acceptors (Lipinski definition) is 5. The van der Waals surface area contributed by atoms with Crippen LogP contribution in [0.1, 0.15) is 42.2 Å². The Hall–Kier alpha value is -2.12. The molecule has 2 aliphatic heterocycles. The number of ether oxygens (including phenoxy) is 2. The Morgan fingerprint density at radius 3 is 2.83 bits per heavy atom. The molecule has 1 saturated heterocycles. The molecule has 1 fully saturated rings. The summed E-state index contributed by atoms with van der Waals surface area (Å²) in [5.74, 6) is 0.0368. The number of fused-ring (bicyclic) bond motifs is 1. The minimum atomic E-state index is -0.596. The third-order valence-electron chi connectivity index (χ3n) is 4.88. The number of nitrogens with zero attached hydrogens (tertiary/aromatic N) is 1. The first-order valence-corrected chi connectivity index (χ1v) is 8.06. The SMILES string of the molecule is CC1c2ccc(C(=O)NO)cc2OCCN1C(=O)C1(C)CCOC1. The third-order valence-corrected chi connectivity index (χ3v) is 4.88. The van der Waals surface area contributed by atoms with Crippen molar-refractivity contribution in [2.75, 3.05) is 26.4 Å². The molecule has 0 bridgehead atoms. The van der Waals surface area contributed by atoms with E-state index in [-0.39, 0.29) is 11.9 Å². The van der Waals surface area contributed by atoms with E-state index in [9.17, 15) is 9.59 Å². The average Bonchev–Trinajstić information content (AvgIpc) is 2.97. The van der Waals surface area contributed by atoms with Gasteiger partial charge in [0.15, 0.2) is 0 Å². The van der Waals surface area contributed by atoms with Crippen LogP contribution in [0.15, 0.2) is 18.2 Å². The predicted octanol–water partition coefficient (Wildman–Crippen LogP) is 1.51. The van der Waals surface area contributed by atoms with Crippen molar-refractivity contribution >= 4 is 11.8 Å². The average molecular weight is 334 g/mol. The Balaban J connectivity index is 1.89. The van der Waals surface area contributed by atoms with Gasteiger partial charge in [-0.15, -0.1) is 0 Å². The number of benzene rings is 1. The van der Waals surface area contributed by atoms with E-state index >= 15 is 0 Å². The summed E-state index contributed by atoms with van der Waals surface area (Å²) in [4.78, 5) is 26.4. The number of carbonyl (C=O) groups excluding carboxylic acids is 2. The zero-order valence-corrected chi connectivity index (χ0v) is 13.9. The van der Waals surface area contributed by atoms with Gasteiger partial charge in [0.1, 0.15) is 12.4 Å². The Bertz CT molecular complexity index is 654. The molecule has 1 aromatic rings. The van der Waals surface area contributed by atoms with Gasteiger partial charge in [-0.2, -0.15) is 0 Å². The van der Waals surface area contributed by atoms with Crippen molar-refractivity contribution in [1.82, 2.24) is 10.4 Å². The maximum Gasteiger partial charge on any atom is 0.274 e. The Labute approximate surface area is 140 Å². The first kappa shape index (κ1) is 16.7. The first-order valence-electron chi connectivity index (χ1n) is 8.06. The number of nitrogens with one attached hydrogen (secondary N) is 1. The van der Waals surface area contributed by atoms with Gasteiger partial charge in [0.2, 0.25) is 5.91 Å². The number of amides is 2. The largest absolute Gasteiger partial charge is 0.491 e. The lowest BCUT2D eigenvalue weighted by molar-refractivity contribution is -0.143. The normalized spacial score (nSPS) is 26.3. The zero-order chi connectivity index (χ0) is 17.3. The highest BCUT2D eigenvalue weighted by Crippen LogP contribution is 2.37. The molecule has 7 heteroatoms. The fraction of sp³-hybridized carbons (Fsp3) is 0.529. The van der Waals surface area contributed by atoms with Gasteiger partial charge in [0.25, 0.3) is 5.91 Å². The second-order valence-electron chi connectivity index (χ2n) is 6.58. The van der Waals surface area contributed by atoms with Crippen LogP contribution in [0.4, 0.5) is 0 Å². The van der Waals surface area contributed by atoms with Crippen LogP contribution in [-0.2, 0) is 9.53 Å². The van der Waals surface area contributed by atoms with E-state index in [1.165, 1.54) is 0 Å². The molecule has 0 saturated carbocycles. The molecule has 7 nitrogen and oxygen atoms in total. The van der Waals surface area contributed by atoms with Gasteiger partial charge in [0.05, 0.1) is 24.6 Å². The van der Waals surface area contributed by atoms with Crippen LogP contribution in [-0.4, -0.2) is 48.3 Å². The Morgan fingerprint density at radius 1 is 1.38 bits per heavy atom. The lowest BCUT2D eigenvalue weighted by Crippen LogP contribution is -2.45. The van der Waals surface area contributed by atoms with E-state index in [0.29, 0.717) is 37.7 Å².